The Hall–Kier alpha value is -4.60. The normalized spacial score (nSPS) is 11.2. The molecular weight excluding hydrogens is 451 g/mol. The molecule has 3 heterocycles. The Labute approximate surface area is 198 Å². The minimum atomic E-state index is -0.623. The first-order valence-corrected chi connectivity index (χ1v) is 11.0. The number of aryl methyl sites for hydroxylation is 3. The number of benzene rings is 2. The van der Waals surface area contributed by atoms with Gasteiger partial charge < -0.3 is 9.09 Å². The molecule has 176 valence electrons. The van der Waals surface area contributed by atoms with Gasteiger partial charge in [0, 0.05) is 17.7 Å². The predicted octanol–water partition coefficient (Wildman–Crippen LogP) is 4.09. The summed E-state index contributed by atoms with van der Waals surface area (Å²) >= 11 is 0. The number of carbonyl (C=O) groups excluding carboxylic acids is 2. The molecule has 0 aliphatic heterocycles. The first-order valence-electron chi connectivity index (χ1n) is 11.0. The largest absolute Gasteiger partial charge is 0.335 e. The van der Waals surface area contributed by atoms with E-state index in [9.17, 15) is 14.0 Å². The van der Waals surface area contributed by atoms with E-state index in [1.807, 2.05) is 24.5 Å². The number of halogens is 1. The highest BCUT2D eigenvalue weighted by atomic mass is 19.1. The van der Waals surface area contributed by atoms with Crippen LogP contribution < -0.4 is 10.9 Å². The number of amides is 2. The predicted molar refractivity (Wildman–Crippen MR) is 127 cm³/mol. The fourth-order valence-electron chi connectivity index (χ4n) is 4.12. The summed E-state index contributed by atoms with van der Waals surface area (Å²) in [5, 5.41) is 4.25. The molecule has 5 aromatic rings. The molecule has 0 atom stereocenters. The maximum absolute atomic E-state index is 14.4. The van der Waals surface area contributed by atoms with Gasteiger partial charge in [-0.05, 0) is 57.2 Å². The van der Waals surface area contributed by atoms with Crippen LogP contribution in [0.2, 0.25) is 0 Å². The molecule has 2 N–H and O–H groups in total. The monoisotopic (exact) mass is 472 g/mol. The van der Waals surface area contributed by atoms with Gasteiger partial charge in [-0.25, -0.2) is 14.4 Å². The van der Waals surface area contributed by atoms with E-state index in [0.717, 1.165) is 17.9 Å². The summed E-state index contributed by atoms with van der Waals surface area (Å²) in [4.78, 5) is 34.6. The first kappa shape index (κ1) is 22.2. The van der Waals surface area contributed by atoms with E-state index in [-0.39, 0.29) is 22.5 Å². The lowest BCUT2D eigenvalue weighted by Crippen LogP contribution is -2.41. The third-order valence-corrected chi connectivity index (χ3v) is 5.82. The van der Waals surface area contributed by atoms with Crippen molar-refractivity contribution in [3.05, 3.63) is 77.0 Å². The van der Waals surface area contributed by atoms with Gasteiger partial charge in [0.2, 0.25) is 0 Å². The topological polar surface area (TPSA) is 115 Å². The van der Waals surface area contributed by atoms with E-state index < -0.39 is 17.6 Å². The van der Waals surface area contributed by atoms with Crippen LogP contribution in [0, 0.1) is 19.7 Å². The molecule has 0 unspecified atom stereocenters. The zero-order valence-electron chi connectivity index (χ0n) is 19.2. The lowest BCUT2D eigenvalue weighted by molar-refractivity contribution is 0.0847. The Morgan fingerprint density at radius 1 is 1.03 bits per heavy atom. The molecule has 35 heavy (non-hydrogen) atoms. The smallest absolute Gasteiger partial charge is 0.270 e. The number of fused-ring (bicyclic) bond motifs is 2. The Balaban J connectivity index is 1.43. The lowest BCUT2D eigenvalue weighted by Gasteiger charge is -2.10. The molecule has 0 radical (unpaired) electrons. The van der Waals surface area contributed by atoms with Gasteiger partial charge >= 0.3 is 0 Å². The summed E-state index contributed by atoms with van der Waals surface area (Å²) in [5.74, 6) is -0.774. The minimum absolute atomic E-state index is 0.0899. The van der Waals surface area contributed by atoms with Gasteiger partial charge in [-0.1, -0.05) is 17.3 Å². The average Bonchev–Trinajstić information content (AvgIpc) is 3.39. The number of nitrogens with zero attached hydrogens (tertiary/aromatic N) is 4. The van der Waals surface area contributed by atoms with Crippen molar-refractivity contribution in [3.8, 4) is 11.3 Å². The second kappa shape index (κ2) is 8.64. The van der Waals surface area contributed by atoms with E-state index >= 15 is 0 Å². The summed E-state index contributed by atoms with van der Waals surface area (Å²) in [7, 11) is 0. The van der Waals surface area contributed by atoms with Crippen molar-refractivity contribution in [2.24, 2.45) is 0 Å². The van der Waals surface area contributed by atoms with Crippen LogP contribution in [0.1, 0.15) is 39.2 Å². The van der Waals surface area contributed by atoms with Crippen LogP contribution >= 0.6 is 0 Å². The molecule has 3 aromatic heterocycles. The minimum Gasteiger partial charge on any atom is -0.335 e. The fourth-order valence-corrected chi connectivity index (χ4v) is 4.12. The van der Waals surface area contributed by atoms with Gasteiger partial charge in [-0.15, -0.1) is 0 Å². The van der Waals surface area contributed by atoms with Crippen LogP contribution in [-0.4, -0.2) is 31.5 Å². The van der Waals surface area contributed by atoms with Crippen molar-refractivity contribution in [2.45, 2.75) is 27.3 Å². The average molecular weight is 472 g/mol. The number of rotatable bonds is 4. The Morgan fingerprint density at radius 2 is 1.80 bits per heavy atom. The van der Waals surface area contributed by atoms with Gasteiger partial charge in [0.15, 0.2) is 0 Å². The highest BCUT2D eigenvalue weighted by Crippen LogP contribution is 2.28. The molecule has 0 fully saturated rings. The summed E-state index contributed by atoms with van der Waals surface area (Å²) in [6.07, 6.45) is 0. The number of aromatic nitrogens is 4. The highest BCUT2D eigenvalue weighted by molar-refractivity contribution is 6.08. The number of hydrogen-bond acceptors (Lipinski definition) is 6. The van der Waals surface area contributed by atoms with E-state index in [4.69, 9.17) is 4.52 Å². The van der Waals surface area contributed by atoms with Gasteiger partial charge in [-0.2, -0.15) is 0 Å². The molecule has 9 nitrogen and oxygen atoms in total. The lowest BCUT2D eigenvalue weighted by atomic mass is 10.0. The Kier molecular flexibility index (Phi) is 5.48. The molecule has 10 heteroatoms. The van der Waals surface area contributed by atoms with E-state index in [0.29, 0.717) is 22.2 Å². The summed E-state index contributed by atoms with van der Waals surface area (Å²) in [6, 6.07) is 12.7. The van der Waals surface area contributed by atoms with E-state index in [2.05, 4.69) is 26.0 Å². The molecule has 2 aromatic carbocycles. The quantitative estimate of drug-likeness (QED) is 0.381. The highest BCUT2D eigenvalue weighted by Gasteiger charge is 2.21. The van der Waals surface area contributed by atoms with Crippen LogP contribution in [0.3, 0.4) is 0 Å². The van der Waals surface area contributed by atoms with E-state index in [1.165, 1.54) is 12.1 Å². The second-order valence-corrected chi connectivity index (χ2v) is 8.00. The van der Waals surface area contributed by atoms with Crippen LogP contribution in [0.5, 0.6) is 0 Å². The Bertz CT molecular complexity index is 1620. The number of nitrogens with one attached hydrogen (secondary N) is 2. The second-order valence-electron chi connectivity index (χ2n) is 8.00. The molecule has 0 aliphatic rings. The zero-order valence-corrected chi connectivity index (χ0v) is 19.2. The standard InChI is InChI=1S/C25H21FN6O3/c1-4-32-14(3)27-20-11-15(9-10-21(20)32)23(33)29-30-24(34)17-12-19(16-7-5-6-8-18(16)26)28-25-22(17)13(2)31-35-25/h5-12H,4H2,1-3H3,(H,29,33)(H,30,34). The van der Waals surface area contributed by atoms with Crippen molar-refractivity contribution in [3.63, 3.8) is 0 Å². The van der Waals surface area contributed by atoms with Gasteiger partial charge in [-0.3, -0.25) is 20.4 Å². The zero-order chi connectivity index (χ0) is 24.7. The summed E-state index contributed by atoms with van der Waals surface area (Å²) in [5.41, 5.74) is 7.88. The van der Waals surface area contributed by atoms with Gasteiger partial charge in [0.1, 0.15) is 11.6 Å². The first-order chi connectivity index (χ1) is 16.9. The van der Waals surface area contributed by atoms with Gasteiger partial charge in [0.05, 0.1) is 33.4 Å². The molecule has 0 spiro atoms. The maximum Gasteiger partial charge on any atom is 0.270 e. The number of imidazole rings is 1. The number of pyridine rings is 1. The molecular formula is C25H21FN6O3. The maximum atomic E-state index is 14.4. The fraction of sp³-hybridized carbons (Fsp3) is 0.160. The van der Waals surface area contributed by atoms with E-state index in [1.54, 1.807) is 37.3 Å². The number of carbonyl (C=O) groups is 2. The molecule has 5 rings (SSSR count). The molecule has 0 saturated heterocycles. The summed E-state index contributed by atoms with van der Waals surface area (Å²) < 4.78 is 21.6. The van der Waals surface area contributed by atoms with Crippen molar-refractivity contribution < 1.29 is 18.5 Å². The van der Waals surface area contributed by atoms with Crippen molar-refractivity contribution in [1.82, 2.24) is 30.5 Å². The molecule has 0 bridgehead atoms. The van der Waals surface area contributed by atoms with Crippen LogP contribution in [0.15, 0.2) is 53.1 Å². The molecule has 0 saturated carbocycles. The van der Waals surface area contributed by atoms with Crippen molar-refractivity contribution in [1.29, 1.82) is 0 Å². The summed E-state index contributed by atoms with van der Waals surface area (Å²) in [6.45, 7) is 6.36. The SMILES string of the molecule is CCn1c(C)nc2cc(C(=O)NNC(=O)c3cc(-c4ccccc4F)nc4onc(C)c34)ccc21. The van der Waals surface area contributed by atoms with Crippen LogP contribution in [0.25, 0.3) is 33.4 Å². The third-order valence-electron chi connectivity index (χ3n) is 5.82. The number of hydrazine groups is 1. The van der Waals surface area contributed by atoms with Gasteiger partial charge in [0.25, 0.3) is 17.5 Å². The number of hydrogen-bond donors (Lipinski definition) is 2. The van der Waals surface area contributed by atoms with Crippen molar-refractivity contribution >= 4 is 33.9 Å². The molecule has 0 aliphatic carbocycles. The van der Waals surface area contributed by atoms with Crippen LogP contribution in [-0.2, 0) is 6.54 Å². The van der Waals surface area contributed by atoms with Crippen LogP contribution in [0.4, 0.5) is 4.39 Å². The Morgan fingerprint density at radius 3 is 2.57 bits per heavy atom. The molecule has 2 amide bonds. The van der Waals surface area contributed by atoms with Crippen molar-refractivity contribution in [2.75, 3.05) is 0 Å². The third kappa shape index (κ3) is 3.88.